The van der Waals surface area contributed by atoms with E-state index >= 15 is 0 Å². The highest BCUT2D eigenvalue weighted by Gasteiger charge is 2.35. The number of carbonyl (C=O) groups excluding carboxylic acids is 3. The van der Waals surface area contributed by atoms with Gasteiger partial charge in [0.2, 0.25) is 17.7 Å². The minimum atomic E-state index is -0.813. The van der Waals surface area contributed by atoms with Crippen LogP contribution in [0.25, 0.3) is 10.8 Å². The topological polar surface area (TPSA) is 95.7 Å². The van der Waals surface area contributed by atoms with Gasteiger partial charge in [-0.05, 0) is 55.2 Å². The molecule has 0 saturated heterocycles. The second-order valence-corrected chi connectivity index (χ2v) is 10.9. The van der Waals surface area contributed by atoms with Crippen molar-refractivity contribution in [3.63, 3.8) is 0 Å². The molecule has 3 amide bonds. The lowest BCUT2D eigenvalue weighted by Crippen LogP contribution is -2.57. The van der Waals surface area contributed by atoms with Gasteiger partial charge in [-0.3, -0.25) is 14.4 Å². The molecule has 3 rings (SSSR count). The average molecular weight is 543 g/mol. The van der Waals surface area contributed by atoms with Gasteiger partial charge in [0.15, 0.2) is 0 Å². The molecule has 3 aromatic carbocycles. The first-order valence-corrected chi connectivity index (χ1v) is 13.8. The van der Waals surface area contributed by atoms with E-state index in [0.717, 1.165) is 21.9 Å². The summed E-state index contributed by atoms with van der Waals surface area (Å²) in [6, 6.07) is 22.2. The Morgan fingerprint density at radius 2 is 1.52 bits per heavy atom. The summed E-state index contributed by atoms with van der Waals surface area (Å²) in [7, 11) is 3.22. The van der Waals surface area contributed by atoms with Crippen LogP contribution in [0.4, 0.5) is 0 Å². The molecule has 2 atom stereocenters. The third-order valence-electron chi connectivity index (χ3n) is 7.07. The van der Waals surface area contributed by atoms with E-state index in [4.69, 9.17) is 5.73 Å². The number of benzene rings is 3. The molecule has 0 bridgehead atoms. The first-order valence-electron chi connectivity index (χ1n) is 13.8. The maximum atomic E-state index is 14.3. The van der Waals surface area contributed by atoms with E-state index in [1.54, 1.807) is 25.1 Å². The van der Waals surface area contributed by atoms with Gasteiger partial charge in [-0.1, -0.05) is 78.9 Å². The molecule has 212 valence electrons. The van der Waals surface area contributed by atoms with E-state index in [2.05, 4.69) is 11.4 Å². The van der Waals surface area contributed by atoms with E-state index in [0.29, 0.717) is 25.8 Å². The molecule has 0 saturated carbocycles. The zero-order valence-corrected chi connectivity index (χ0v) is 24.3. The van der Waals surface area contributed by atoms with Crippen LogP contribution in [0, 0.1) is 0 Å². The van der Waals surface area contributed by atoms with Crippen molar-refractivity contribution < 1.29 is 14.4 Å². The predicted octanol–water partition coefficient (Wildman–Crippen LogP) is 4.10. The largest absolute Gasteiger partial charge is 0.357 e. The second kappa shape index (κ2) is 13.9. The molecule has 0 aromatic heterocycles. The third kappa shape index (κ3) is 8.26. The summed E-state index contributed by atoms with van der Waals surface area (Å²) in [6.45, 7) is 5.96. The Kier molecular flexibility index (Phi) is 10.6. The Balaban J connectivity index is 1.97. The van der Waals surface area contributed by atoms with Crippen LogP contribution in [0.2, 0.25) is 0 Å². The first kappa shape index (κ1) is 30.6. The van der Waals surface area contributed by atoms with Gasteiger partial charge in [0, 0.05) is 39.0 Å². The minimum absolute atomic E-state index is 0.248. The van der Waals surface area contributed by atoms with E-state index in [1.807, 2.05) is 87.5 Å². The van der Waals surface area contributed by atoms with Crippen molar-refractivity contribution in [2.45, 2.75) is 57.7 Å². The number of nitrogens with zero attached hydrogens (tertiary/aromatic N) is 2. The molecule has 3 N–H and O–H groups in total. The van der Waals surface area contributed by atoms with Crippen LogP contribution in [0.15, 0.2) is 84.9 Å². The highest BCUT2D eigenvalue weighted by Crippen LogP contribution is 2.20. The van der Waals surface area contributed by atoms with Gasteiger partial charge < -0.3 is 20.9 Å². The number of hydrogen-bond donors (Lipinski definition) is 2. The molecule has 0 unspecified atom stereocenters. The van der Waals surface area contributed by atoms with Gasteiger partial charge in [-0.25, -0.2) is 0 Å². The second-order valence-electron chi connectivity index (χ2n) is 10.9. The van der Waals surface area contributed by atoms with Crippen LogP contribution in [0.3, 0.4) is 0 Å². The first-order chi connectivity index (χ1) is 19.0. The zero-order valence-electron chi connectivity index (χ0n) is 24.3. The van der Waals surface area contributed by atoms with Gasteiger partial charge in [0.1, 0.15) is 12.1 Å². The molecule has 0 spiro atoms. The van der Waals surface area contributed by atoms with Crippen molar-refractivity contribution in [3.05, 3.63) is 96.1 Å². The Hall–Kier alpha value is -3.97. The van der Waals surface area contributed by atoms with Crippen molar-refractivity contribution in [2.75, 3.05) is 20.6 Å². The standard InChI is InChI=1S/C33H42N4O3/c1-6-37(28(31(39)35-4)22-24-13-8-7-9-14-24)32(40)29(36(5)30(38)17-12-20-33(2,3)34)23-25-18-19-26-15-10-11-16-27(26)21-25/h7-19,21,28-29H,6,20,22-23,34H2,1-5H3,(H,35,39)/t28-,29-/m1/s1. The monoisotopic (exact) mass is 542 g/mol. The fraction of sp³-hybridized carbons (Fsp3) is 0.364. The number of carbonyl (C=O) groups is 3. The fourth-order valence-corrected chi connectivity index (χ4v) is 4.78. The van der Waals surface area contributed by atoms with E-state index < -0.39 is 17.6 Å². The van der Waals surface area contributed by atoms with Crippen molar-refractivity contribution in [1.29, 1.82) is 0 Å². The SMILES string of the molecule is CCN(C(=O)[C@@H](Cc1ccc2ccccc2c1)N(C)C(=O)C=CCC(C)(C)N)[C@H](Cc1ccccc1)C(=O)NC. The molecule has 0 aliphatic carbocycles. The maximum Gasteiger partial charge on any atom is 0.246 e. The summed E-state index contributed by atoms with van der Waals surface area (Å²) in [5.74, 6) is -0.815. The molecule has 3 aromatic rings. The number of amides is 3. The number of nitrogens with two attached hydrogens (primary N) is 1. The average Bonchev–Trinajstić information content (AvgIpc) is 2.94. The molecule has 0 aliphatic rings. The van der Waals surface area contributed by atoms with Crippen LogP contribution in [0.5, 0.6) is 0 Å². The zero-order chi connectivity index (χ0) is 29.3. The van der Waals surface area contributed by atoms with E-state index in [-0.39, 0.29) is 17.7 Å². The normalized spacial score (nSPS) is 13.2. The molecular formula is C33H42N4O3. The molecule has 7 heteroatoms. The predicted molar refractivity (Wildman–Crippen MR) is 162 cm³/mol. The summed E-state index contributed by atoms with van der Waals surface area (Å²) in [6.07, 6.45) is 4.42. The van der Waals surface area contributed by atoms with Crippen molar-refractivity contribution in [3.8, 4) is 0 Å². The maximum absolute atomic E-state index is 14.3. The lowest BCUT2D eigenvalue weighted by atomic mass is 9.98. The highest BCUT2D eigenvalue weighted by molar-refractivity contribution is 5.95. The number of fused-ring (bicyclic) bond motifs is 1. The van der Waals surface area contributed by atoms with Gasteiger partial charge in [-0.15, -0.1) is 0 Å². The highest BCUT2D eigenvalue weighted by atomic mass is 16.2. The van der Waals surface area contributed by atoms with Crippen molar-refractivity contribution in [2.24, 2.45) is 5.73 Å². The molecule has 0 heterocycles. The molecule has 0 radical (unpaired) electrons. The molecule has 0 aliphatic heterocycles. The number of likely N-dealkylation sites (N-methyl/N-ethyl adjacent to an activating group) is 3. The van der Waals surface area contributed by atoms with Crippen LogP contribution in [-0.2, 0) is 27.2 Å². The van der Waals surface area contributed by atoms with Gasteiger partial charge in [0.25, 0.3) is 0 Å². The summed E-state index contributed by atoms with van der Waals surface area (Å²) in [4.78, 5) is 43.7. The van der Waals surface area contributed by atoms with Crippen LogP contribution >= 0.6 is 0 Å². The Morgan fingerprint density at radius 3 is 2.15 bits per heavy atom. The summed E-state index contributed by atoms with van der Waals surface area (Å²) < 4.78 is 0. The van der Waals surface area contributed by atoms with Gasteiger partial charge in [-0.2, -0.15) is 0 Å². The lowest BCUT2D eigenvalue weighted by Gasteiger charge is -2.36. The Morgan fingerprint density at radius 1 is 0.900 bits per heavy atom. The Bertz CT molecular complexity index is 1330. The number of nitrogens with one attached hydrogen (secondary N) is 1. The smallest absolute Gasteiger partial charge is 0.246 e. The van der Waals surface area contributed by atoms with Crippen molar-refractivity contribution >= 4 is 28.5 Å². The number of hydrogen-bond acceptors (Lipinski definition) is 4. The van der Waals surface area contributed by atoms with E-state index in [1.165, 1.54) is 11.0 Å². The van der Waals surface area contributed by atoms with Crippen molar-refractivity contribution in [1.82, 2.24) is 15.1 Å². The Labute approximate surface area is 238 Å². The van der Waals surface area contributed by atoms with E-state index in [9.17, 15) is 14.4 Å². The molecule has 0 fully saturated rings. The fourth-order valence-electron chi connectivity index (χ4n) is 4.78. The molecule has 40 heavy (non-hydrogen) atoms. The lowest BCUT2D eigenvalue weighted by molar-refractivity contribution is -0.147. The third-order valence-corrected chi connectivity index (χ3v) is 7.07. The van der Waals surface area contributed by atoms with Crippen LogP contribution in [0.1, 0.15) is 38.3 Å². The molecular weight excluding hydrogens is 500 g/mol. The van der Waals surface area contributed by atoms with Crippen LogP contribution < -0.4 is 11.1 Å². The van der Waals surface area contributed by atoms with Gasteiger partial charge in [0.05, 0.1) is 0 Å². The van der Waals surface area contributed by atoms with Gasteiger partial charge >= 0.3 is 0 Å². The summed E-state index contributed by atoms with van der Waals surface area (Å²) in [5.41, 5.74) is 7.50. The minimum Gasteiger partial charge on any atom is -0.357 e. The molecule has 7 nitrogen and oxygen atoms in total. The van der Waals surface area contributed by atoms with Crippen LogP contribution in [-0.4, -0.2) is 65.8 Å². The summed E-state index contributed by atoms with van der Waals surface area (Å²) >= 11 is 0. The summed E-state index contributed by atoms with van der Waals surface area (Å²) in [5, 5.41) is 4.88. The number of rotatable bonds is 12. The quantitative estimate of drug-likeness (QED) is 0.337.